The van der Waals surface area contributed by atoms with Crippen LogP contribution >= 0.6 is 23.2 Å². The second-order valence-corrected chi connectivity index (χ2v) is 9.19. The molecular formula is C27H23Cl2N5. The maximum Gasteiger partial charge on any atom is 0.0900 e. The molecule has 0 fully saturated rings. The van der Waals surface area contributed by atoms with Gasteiger partial charge >= 0.3 is 0 Å². The van der Waals surface area contributed by atoms with E-state index in [9.17, 15) is 0 Å². The summed E-state index contributed by atoms with van der Waals surface area (Å²) < 4.78 is 2.15. The standard InChI is InChI=1S/C27H23Cl2N5/c1-16(2)31-24-15-27-25(14-23(24)32-21-8-6-12-30-17(21)3)33-22-7-4-5-9-26(22)34(27)18-10-11-19(28)20(29)13-18/h4-16,32H,1-3H3/b31-24+. The summed E-state index contributed by atoms with van der Waals surface area (Å²) in [6.45, 7) is 6.11. The van der Waals surface area contributed by atoms with Crippen molar-refractivity contribution < 1.29 is 0 Å². The van der Waals surface area contributed by atoms with Crippen LogP contribution in [0.2, 0.25) is 10.0 Å². The summed E-state index contributed by atoms with van der Waals surface area (Å²) in [6, 6.07) is 21.9. The number of anilines is 2. The lowest BCUT2D eigenvalue weighted by molar-refractivity contribution is 0.806. The number of para-hydroxylation sites is 2. The fourth-order valence-corrected chi connectivity index (χ4v) is 4.28. The normalized spacial score (nSPS) is 12.1. The molecule has 1 aliphatic heterocycles. The van der Waals surface area contributed by atoms with Crippen LogP contribution in [-0.4, -0.2) is 20.6 Å². The number of hydrogen-bond acceptors (Lipinski definition) is 4. The van der Waals surface area contributed by atoms with Crippen LogP contribution < -0.4 is 10.7 Å². The highest BCUT2D eigenvalue weighted by Crippen LogP contribution is 2.33. The van der Waals surface area contributed by atoms with Gasteiger partial charge < -0.3 is 9.88 Å². The SMILES string of the molecule is Cc1ncccc1Nc1cc2nc3ccccc3n(-c3ccc(Cl)c(Cl)c3)c-2c/c1=N\C(C)C. The van der Waals surface area contributed by atoms with E-state index in [4.69, 9.17) is 33.2 Å². The maximum atomic E-state index is 6.40. The Kier molecular flexibility index (Phi) is 5.98. The third-order valence-electron chi connectivity index (χ3n) is 5.53. The van der Waals surface area contributed by atoms with Gasteiger partial charge in [0.15, 0.2) is 0 Å². The fourth-order valence-electron chi connectivity index (χ4n) is 3.99. The summed E-state index contributed by atoms with van der Waals surface area (Å²) in [6.07, 6.45) is 1.79. The molecule has 0 amide bonds. The molecule has 2 aliphatic rings. The highest BCUT2D eigenvalue weighted by Gasteiger charge is 2.17. The second kappa shape index (κ2) is 9.09. The summed E-state index contributed by atoms with van der Waals surface area (Å²) in [4.78, 5) is 14.3. The molecule has 170 valence electrons. The van der Waals surface area contributed by atoms with Crippen molar-refractivity contribution in [3.8, 4) is 17.1 Å². The van der Waals surface area contributed by atoms with E-state index >= 15 is 0 Å². The number of rotatable bonds is 4. The van der Waals surface area contributed by atoms with E-state index < -0.39 is 0 Å². The number of nitrogens with zero attached hydrogens (tertiary/aromatic N) is 4. The molecule has 0 atom stereocenters. The Hall–Kier alpha value is -3.41. The first-order valence-corrected chi connectivity index (χ1v) is 11.8. The first-order valence-electron chi connectivity index (χ1n) is 11.0. The lowest BCUT2D eigenvalue weighted by atomic mass is 10.1. The van der Waals surface area contributed by atoms with Crippen LogP contribution in [-0.2, 0) is 0 Å². The van der Waals surface area contributed by atoms with Crippen LogP contribution in [0.15, 0.2) is 77.9 Å². The third kappa shape index (κ3) is 4.25. The Morgan fingerprint density at radius 2 is 1.74 bits per heavy atom. The minimum atomic E-state index is 0.111. The van der Waals surface area contributed by atoms with Gasteiger partial charge in [0.05, 0.1) is 54.9 Å². The third-order valence-corrected chi connectivity index (χ3v) is 6.27. The monoisotopic (exact) mass is 487 g/mol. The highest BCUT2D eigenvalue weighted by molar-refractivity contribution is 6.42. The van der Waals surface area contributed by atoms with E-state index in [1.165, 1.54) is 0 Å². The van der Waals surface area contributed by atoms with E-state index in [2.05, 4.69) is 40.8 Å². The highest BCUT2D eigenvalue weighted by atomic mass is 35.5. The fraction of sp³-hybridized carbons (Fsp3) is 0.148. The van der Waals surface area contributed by atoms with Crippen molar-refractivity contribution in [3.63, 3.8) is 0 Å². The summed E-state index contributed by atoms with van der Waals surface area (Å²) in [5, 5.41) is 5.38. The Balaban J connectivity index is 1.84. The zero-order valence-electron chi connectivity index (χ0n) is 19.1. The average Bonchev–Trinajstić information content (AvgIpc) is 2.81. The molecule has 0 bridgehead atoms. The zero-order chi connectivity index (χ0) is 23.8. The number of benzene rings is 3. The average molecular weight is 488 g/mol. The summed E-state index contributed by atoms with van der Waals surface area (Å²) in [7, 11) is 0. The van der Waals surface area contributed by atoms with Crippen molar-refractivity contribution >= 4 is 45.6 Å². The van der Waals surface area contributed by atoms with Gasteiger partial charge in [0.2, 0.25) is 0 Å². The Morgan fingerprint density at radius 3 is 2.50 bits per heavy atom. The molecule has 3 aromatic rings. The van der Waals surface area contributed by atoms with Gasteiger partial charge in [-0.2, -0.15) is 0 Å². The zero-order valence-corrected chi connectivity index (χ0v) is 20.6. The molecule has 0 unspecified atom stereocenters. The molecule has 5 rings (SSSR count). The van der Waals surface area contributed by atoms with E-state index in [-0.39, 0.29) is 6.04 Å². The van der Waals surface area contributed by atoms with E-state index in [1.54, 1.807) is 6.20 Å². The predicted molar refractivity (Wildman–Crippen MR) is 141 cm³/mol. The molecule has 2 heterocycles. The van der Waals surface area contributed by atoms with E-state index in [1.807, 2.05) is 61.5 Å². The molecule has 0 radical (unpaired) electrons. The summed E-state index contributed by atoms with van der Waals surface area (Å²) in [5.74, 6) is 0. The molecule has 7 heteroatoms. The number of fused-ring (bicyclic) bond motifs is 2. The van der Waals surface area contributed by atoms with Gasteiger partial charge in [-0.05, 0) is 75.4 Å². The van der Waals surface area contributed by atoms with Gasteiger partial charge in [0, 0.05) is 17.9 Å². The van der Waals surface area contributed by atoms with Gasteiger partial charge in [0.1, 0.15) is 0 Å². The molecule has 2 aromatic carbocycles. The number of pyridine rings is 1. The van der Waals surface area contributed by atoms with Gasteiger partial charge in [-0.15, -0.1) is 0 Å². The van der Waals surface area contributed by atoms with Crippen LogP contribution in [0.1, 0.15) is 19.5 Å². The summed E-state index contributed by atoms with van der Waals surface area (Å²) >= 11 is 12.6. The van der Waals surface area contributed by atoms with Gasteiger partial charge in [-0.1, -0.05) is 35.3 Å². The molecule has 0 saturated carbocycles. The molecule has 5 nitrogen and oxygen atoms in total. The second-order valence-electron chi connectivity index (χ2n) is 8.38. The van der Waals surface area contributed by atoms with Crippen molar-refractivity contribution in [1.29, 1.82) is 0 Å². The lowest BCUT2D eigenvalue weighted by Gasteiger charge is -2.21. The Morgan fingerprint density at radius 1 is 0.912 bits per heavy atom. The largest absolute Gasteiger partial charge is 0.352 e. The van der Waals surface area contributed by atoms with Crippen molar-refractivity contribution in [2.45, 2.75) is 26.8 Å². The van der Waals surface area contributed by atoms with E-state index in [0.717, 1.165) is 50.5 Å². The summed E-state index contributed by atoms with van der Waals surface area (Å²) in [5.41, 5.74) is 7.21. The van der Waals surface area contributed by atoms with Crippen molar-refractivity contribution in [1.82, 2.24) is 14.5 Å². The number of aromatic nitrogens is 3. The molecular weight excluding hydrogens is 465 g/mol. The number of halogens is 2. The van der Waals surface area contributed by atoms with Gasteiger partial charge in [-0.25, -0.2) is 4.98 Å². The van der Waals surface area contributed by atoms with Gasteiger partial charge in [0.25, 0.3) is 0 Å². The van der Waals surface area contributed by atoms with Crippen LogP contribution in [0.25, 0.3) is 28.1 Å². The Labute approximate surface area is 208 Å². The first-order chi connectivity index (χ1) is 16.4. The lowest BCUT2D eigenvalue weighted by Crippen LogP contribution is -2.16. The molecule has 0 spiro atoms. The minimum absolute atomic E-state index is 0.111. The molecule has 1 aliphatic carbocycles. The van der Waals surface area contributed by atoms with Crippen molar-refractivity contribution in [2.24, 2.45) is 4.99 Å². The number of aryl methyl sites for hydroxylation is 1. The van der Waals surface area contributed by atoms with Crippen LogP contribution in [0, 0.1) is 6.92 Å². The Bertz CT molecular complexity index is 1560. The molecule has 34 heavy (non-hydrogen) atoms. The number of nitrogens with one attached hydrogen (secondary N) is 1. The topological polar surface area (TPSA) is 55.1 Å². The smallest absolute Gasteiger partial charge is 0.0900 e. The van der Waals surface area contributed by atoms with Gasteiger partial charge in [-0.3, -0.25) is 9.98 Å². The maximum absolute atomic E-state index is 6.40. The molecule has 0 saturated heterocycles. The first kappa shape index (κ1) is 22.4. The van der Waals surface area contributed by atoms with Crippen LogP contribution in [0.5, 0.6) is 0 Å². The van der Waals surface area contributed by atoms with Crippen LogP contribution in [0.4, 0.5) is 11.4 Å². The number of hydrogen-bond donors (Lipinski definition) is 1. The molecule has 1 aromatic heterocycles. The van der Waals surface area contributed by atoms with Crippen molar-refractivity contribution in [3.05, 3.63) is 94.0 Å². The molecule has 1 N–H and O–H groups in total. The van der Waals surface area contributed by atoms with Crippen LogP contribution in [0.3, 0.4) is 0 Å². The minimum Gasteiger partial charge on any atom is -0.352 e. The predicted octanol–water partition coefficient (Wildman–Crippen LogP) is 7.19. The van der Waals surface area contributed by atoms with Crippen molar-refractivity contribution in [2.75, 3.05) is 5.32 Å². The van der Waals surface area contributed by atoms with E-state index in [0.29, 0.717) is 10.0 Å². The quantitative estimate of drug-likeness (QED) is 0.272.